The number of nitrogens with zero attached hydrogens (tertiary/aromatic N) is 3. The number of hydrogen-bond acceptors (Lipinski definition) is 5. The van der Waals surface area contributed by atoms with E-state index < -0.39 is 0 Å². The van der Waals surface area contributed by atoms with Gasteiger partial charge in [0.05, 0.1) is 16.8 Å². The summed E-state index contributed by atoms with van der Waals surface area (Å²) in [6, 6.07) is 5.57. The van der Waals surface area contributed by atoms with Crippen LogP contribution in [-0.4, -0.2) is 16.2 Å². The molecule has 0 saturated carbocycles. The number of hydrogen-bond donors (Lipinski definition) is 0. The standard InChI is InChI=1S/C10H8ClN3OS/c11-10-13-6-9(16-10)7-15-14-5-8-3-1-2-4-12-8/h1-6H,7H2. The van der Waals surface area contributed by atoms with Crippen LogP contribution in [0.1, 0.15) is 10.6 Å². The summed E-state index contributed by atoms with van der Waals surface area (Å²) in [6.45, 7) is 0.369. The van der Waals surface area contributed by atoms with Crippen LogP contribution < -0.4 is 0 Å². The Morgan fingerprint density at radius 3 is 3.06 bits per heavy atom. The fourth-order valence-corrected chi connectivity index (χ4v) is 1.88. The van der Waals surface area contributed by atoms with Gasteiger partial charge in [-0.25, -0.2) is 4.98 Å². The van der Waals surface area contributed by atoms with Crippen molar-refractivity contribution in [2.45, 2.75) is 6.61 Å². The van der Waals surface area contributed by atoms with Gasteiger partial charge >= 0.3 is 0 Å². The zero-order valence-electron chi connectivity index (χ0n) is 8.21. The highest BCUT2D eigenvalue weighted by atomic mass is 35.5. The molecule has 6 heteroatoms. The normalized spacial score (nSPS) is 10.8. The van der Waals surface area contributed by atoms with Gasteiger partial charge in [0.25, 0.3) is 0 Å². The molecule has 2 heterocycles. The molecule has 0 saturated heterocycles. The summed E-state index contributed by atoms with van der Waals surface area (Å²) in [5, 5.41) is 3.79. The SMILES string of the molecule is Clc1ncc(CON=Cc2ccccn2)s1. The van der Waals surface area contributed by atoms with Crippen molar-refractivity contribution >= 4 is 29.2 Å². The highest BCUT2D eigenvalue weighted by Gasteiger charge is 1.98. The van der Waals surface area contributed by atoms with Gasteiger partial charge in [-0.05, 0) is 12.1 Å². The predicted molar refractivity (Wildman–Crippen MR) is 63.7 cm³/mol. The van der Waals surface area contributed by atoms with Crippen LogP contribution in [0, 0.1) is 0 Å². The lowest BCUT2D eigenvalue weighted by Gasteiger charge is -1.94. The minimum Gasteiger partial charge on any atom is -0.390 e. The van der Waals surface area contributed by atoms with Gasteiger partial charge in [0, 0.05) is 12.4 Å². The van der Waals surface area contributed by atoms with Gasteiger partial charge < -0.3 is 4.84 Å². The minimum atomic E-state index is 0.369. The zero-order valence-corrected chi connectivity index (χ0v) is 9.78. The van der Waals surface area contributed by atoms with Gasteiger partial charge in [-0.2, -0.15) is 0 Å². The van der Waals surface area contributed by atoms with Crippen LogP contribution in [0.4, 0.5) is 0 Å². The van der Waals surface area contributed by atoms with Gasteiger partial charge in [0.2, 0.25) is 0 Å². The van der Waals surface area contributed by atoms with Crippen LogP contribution in [0.25, 0.3) is 0 Å². The van der Waals surface area contributed by atoms with E-state index >= 15 is 0 Å². The summed E-state index contributed by atoms with van der Waals surface area (Å²) < 4.78 is 0.507. The van der Waals surface area contributed by atoms with Gasteiger partial charge in [-0.3, -0.25) is 4.98 Å². The maximum Gasteiger partial charge on any atom is 0.183 e. The third-order valence-electron chi connectivity index (χ3n) is 1.68. The maximum absolute atomic E-state index is 5.67. The molecule has 4 nitrogen and oxygen atoms in total. The smallest absolute Gasteiger partial charge is 0.183 e. The Morgan fingerprint density at radius 1 is 1.44 bits per heavy atom. The molecule has 0 amide bonds. The van der Waals surface area contributed by atoms with Crippen molar-refractivity contribution in [3.63, 3.8) is 0 Å². The fraction of sp³-hybridized carbons (Fsp3) is 0.100. The first-order valence-electron chi connectivity index (χ1n) is 4.51. The maximum atomic E-state index is 5.67. The summed E-state index contributed by atoms with van der Waals surface area (Å²) in [5.74, 6) is 0. The molecule has 2 aromatic heterocycles. The molecule has 0 N–H and O–H groups in total. The number of rotatable bonds is 4. The number of pyridine rings is 1. The first kappa shape index (κ1) is 11.0. The molecule has 0 aromatic carbocycles. The molecule has 0 aliphatic heterocycles. The second-order valence-corrected chi connectivity index (χ2v) is 4.54. The van der Waals surface area contributed by atoms with Crippen LogP contribution in [-0.2, 0) is 11.4 Å². The van der Waals surface area contributed by atoms with Crippen LogP contribution in [0.5, 0.6) is 0 Å². The summed E-state index contributed by atoms with van der Waals surface area (Å²) in [4.78, 5) is 14.0. The molecule has 2 aromatic rings. The number of oxime groups is 1. The van der Waals surface area contributed by atoms with Crippen molar-refractivity contribution in [1.82, 2.24) is 9.97 Å². The van der Waals surface area contributed by atoms with Gasteiger partial charge in [0.1, 0.15) is 0 Å². The Morgan fingerprint density at radius 2 is 2.38 bits per heavy atom. The van der Waals surface area contributed by atoms with Crippen molar-refractivity contribution in [2.24, 2.45) is 5.16 Å². The minimum absolute atomic E-state index is 0.369. The number of thiazole rings is 1. The summed E-state index contributed by atoms with van der Waals surface area (Å²) in [6.07, 6.45) is 4.93. The Balaban J connectivity index is 1.82. The molecule has 0 bridgehead atoms. The van der Waals surface area contributed by atoms with E-state index in [0.717, 1.165) is 10.6 Å². The molecule has 0 spiro atoms. The van der Waals surface area contributed by atoms with Gasteiger partial charge in [-0.15, -0.1) is 11.3 Å². The molecular formula is C10H8ClN3OS. The Hall–Kier alpha value is -1.46. The molecule has 2 rings (SSSR count). The van der Waals surface area contributed by atoms with Crippen molar-refractivity contribution in [2.75, 3.05) is 0 Å². The predicted octanol–water partition coefficient (Wildman–Crippen LogP) is 2.74. The summed E-state index contributed by atoms with van der Waals surface area (Å²) in [5.41, 5.74) is 0.754. The van der Waals surface area contributed by atoms with Gasteiger partial charge in [-0.1, -0.05) is 22.8 Å². The molecule has 0 aliphatic rings. The summed E-state index contributed by atoms with van der Waals surface area (Å²) in [7, 11) is 0. The topological polar surface area (TPSA) is 47.4 Å². The van der Waals surface area contributed by atoms with Crippen molar-refractivity contribution in [3.8, 4) is 0 Å². The third kappa shape index (κ3) is 3.29. The van der Waals surface area contributed by atoms with E-state index in [2.05, 4.69) is 15.1 Å². The lowest BCUT2D eigenvalue weighted by Crippen LogP contribution is -1.87. The van der Waals surface area contributed by atoms with Crippen LogP contribution in [0.15, 0.2) is 35.7 Å². The molecule has 0 atom stereocenters. The average molecular weight is 254 g/mol. The second-order valence-electron chi connectivity index (χ2n) is 2.84. The first-order valence-corrected chi connectivity index (χ1v) is 5.70. The molecular weight excluding hydrogens is 246 g/mol. The monoisotopic (exact) mass is 253 g/mol. The average Bonchev–Trinajstić information content (AvgIpc) is 2.72. The highest BCUT2D eigenvalue weighted by molar-refractivity contribution is 7.15. The second kappa shape index (κ2) is 5.58. The van der Waals surface area contributed by atoms with Crippen LogP contribution in [0.3, 0.4) is 0 Å². The third-order valence-corrected chi connectivity index (χ3v) is 2.77. The van der Waals surface area contributed by atoms with Crippen molar-refractivity contribution < 1.29 is 4.84 Å². The zero-order chi connectivity index (χ0) is 11.2. The first-order chi connectivity index (χ1) is 7.84. The van der Waals surface area contributed by atoms with Crippen molar-refractivity contribution in [1.29, 1.82) is 0 Å². The van der Waals surface area contributed by atoms with E-state index in [0.29, 0.717) is 11.1 Å². The van der Waals surface area contributed by atoms with Crippen molar-refractivity contribution in [3.05, 3.63) is 45.6 Å². The van der Waals surface area contributed by atoms with E-state index in [9.17, 15) is 0 Å². The molecule has 82 valence electrons. The van der Waals surface area contributed by atoms with Gasteiger partial charge in [0.15, 0.2) is 11.1 Å². The van der Waals surface area contributed by atoms with E-state index in [-0.39, 0.29) is 0 Å². The number of halogens is 1. The molecule has 0 radical (unpaired) electrons. The number of aromatic nitrogens is 2. The summed E-state index contributed by atoms with van der Waals surface area (Å²) >= 11 is 7.05. The van der Waals surface area contributed by atoms with E-state index in [1.165, 1.54) is 11.3 Å². The van der Waals surface area contributed by atoms with Crippen LogP contribution >= 0.6 is 22.9 Å². The fourth-order valence-electron chi connectivity index (χ4n) is 0.995. The molecule has 0 aliphatic carbocycles. The van der Waals surface area contributed by atoms with E-state index in [1.54, 1.807) is 18.6 Å². The lowest BCUT2D eigenvalue weighted by atomic mass is 10.4. The molecule has 0 unspecified atom stereocenters. The highest BCUT2D eigenvalue weighted by Crippen LogP contribution is 2.18. The molecule has 0 fully saturated rings. The Labute approximate surface area is 102 Å². The Bertz CT molecular complexity index is 472. The quantitative estimate of drug-likeness (QED) is 0.622. The van der Waals surface area contributed by atoms with E-state index in [1.807, 2.05) is 18.2 Å². The molecule has 16 heavy (non-hydrogen) atoms. The van der Waals surface area contributed by atoms with Crippen LogP contribution in [0.2, 0.25) is 4.47 Å². The van der Waals surface area contributed by atoms with E-state index in [4.69, 9.17) is 16.4 Å². The lowest BCUT2D eigenvalue weighted by molar-refractivity contribution is 0.134. The Kier molecular flexibility index (Phi) is 3.85. The largest absolute Gasteiger partial charge is 0.390 e.